The van der Waals surface area contributed by atoms with E-state index in [1.54, 1.807) is 0 Å². The van der Waals surface area contributed by atoms with Crippen molar-refractivity contribution in [1.29, 1.82) is 0 Å². The number of alkyl halides is 3. The van der Waals surface area contributed by atoms with E-state index in [-0.39, 0.29) is 18.5 Å². The van der Waals surface area contributed by atoms with E-state index in [0.717, 1.165) is 18.5 Å². The van der Waals surface area contributed by atoms with Crippen LogP contribution >= 0.6 is 0 Å². The third-order valence-corrected chi connectivity index (χ3v) is 1.77. The van der Waals surface area contributed by atoms with Crippen molar-refractivity contribution in [3.05, 3.63) is 29.6 Å². The van der Waals surface area contributed by atoms with Crippen LogP contribution in [0.3, 0.4) is 0 Å². The number of nitrogens with zero attached hydrogens (tertiary/aromatic N) is 2. The summed E-state index contributed by atoms with van der Waals surface area (Å²) in [5.74, 6) is 0. The summed E-state index contributed by atoms with van der Waals surface area (Å²) in [6, 6.07) is 0.903. The first kappa shape index (κ1) is 11.4. The molecule has 1 aromatic rings. The molecule has 0 spiro atoms. The van der Waals surface area contributed by atoms with Crippen LogP contribution in [0, 0.1) is 0 Å². The van der Waals surface area contributed by atoms with E-state index < -0.39 is 11.7 Å². The fourth-order valence-electron chi connectivity index (χ4n) is 1.12. The van der Waals surface area contributed by atoms with Crippen LogP contribution in [0.5, 0.6) is 0 Å². The minimum Gasteiger partial charge on any atom is -0.264 e. The Balaban J connectivity index is 2.91. The van der Waals surface area contributed by atoms with E-state index in [1.165, 1.54) is 6.08 Å². The van der Waals surface area contributed by atoms with Gasteiger partial charge in [0.25, 0.3) is 0 Å². The van der Waals surface area contributed by atoms with E-state index in [2.05, 4.69) is 9.98 Å². The molecule has 0 radical (unpaired) electrons. The molecule has 0 fully saturated rings. The van der Waals surface area contributed by atoms with Gasteiger partial charge in [0, 0.05) is 12.4 Å². The number of aliphatic imine (C=N–C) groups is 1. The van der Waals surface area contributed by atoms with Gasteiger partial charge in [-0.3, -0.25) is 4.98 Å². The zero-order valence-corrected chi connectivity index (χ0v) is 7.58. The maximum atomic E-state index is 12.4. The maximum Gasteiger partial charge on any atom is 0.416 e. The van der Waals surface area contributed by atoms with Crippen LogP contribution in [0.25, 0.3) is 0 Å². The van der Waals surface area contributed by atoms with E-state index in [4.69, 9.17) is 0 Å². The Hall–Kier alpha value is -1.68. The van der Waals surface area contributed by atoms with Gasteiger partial charge in [0.2, 0.25) is 6.08 Å². The van der Waals surface area contributed by atoms with Crippen molar-refractivity contribution in [2.24, 2.45) is 4.99 Å². The number of hydrogen-bond acceptors (Lipinski definition) is 3. The van der Waals surface area contributed by atoms with Crippen molar-refractivity contribution in [3.63, 3.8) is 0 Å². The van der Waals surface area contributed by atoms with Gasteiger partial charge in [-0.25, -0.2) is 9.79 Å². The van der Waals surface area contributed by atoms with Gasteiger partial charge in [0.15, 0.2) is 0 Å². The number of pyridine rings is 1. The molecule has 6 heteroatoms. The molecule has 0 atom stereocenters. The van der Waals surface area contributed by atoms with Gasteiger partial charge in [-0.2, -0.15) is 13.2 Å². The molecule has 0 aliphatic heterocycles. The average molecular weight is 216 g/mol. The second-order valence-corrected chi connectivity index (χ2v) is 2.75. The third-order valence-electron chi connectivity index (χ3n) is 1.77. The lowest BCUT2D eigenvalue weighted by Gasteiger charge is -2.10. The van der Waals surface area contributed by atoms with Gasteiger partial charge < -0.3 is 0 Å². The molecule has 0 aromatic carbocycles. The Morgan fingerprint density at radius 1 is 1.47 bits per heavy atom. The van der Waals surface area contributed by atoms with E-state index in [0.29, 0.717) is 0 Å². The highest BCUT2D eigenvalue weighted by Crippen LogP contribution is 2.31. The van der Waals surface area contributed by atoms with E-state index in [1.807, 2.05) is 0 Å². The highest BCUT2D eigenvalue weighted by Gasteiger charge is 2.32. The first-order chi connectivity index (χ1) is 7.05. The first-order valence-electron chi connectivity index (χ1n) is 4.09. The lowest BCUT2D eigenvalue weighted by molar-refractivity contribution is -0.138. The highest BCUT2D eigenvalue weighted by molar-refractivity contribution is 5.33. The summed E-state index contributed by atoms with van der Waals surface area (Å²) in [6.07, 6.45) is -0.898. The zero-order chi connectivity index (χ0) is 11.3. The lowest BCUT2D eigenvalue weighted by Crippen LogP contribution is -2.10. The fraction of sp³-hybridized carbons (Fsp3) is 0.333. The molecule has 0 bridgehead atoms. The molecule has 0 saturated carbocycles. The summed E-state index contributed by atoms with van der Waals surface area (Å²) >= 11 is 0. The molecule has 1 heterocycles. The van der Waals surface area contributed by atoms with Crippen LogP contribution in [0.1, 0.15) is 11.1 Å². The second-order valence-electron chi connectivity index (χ2n) is 2.75. The molecule has 0 saturated heterocycles. The molecular weight excluding hydrogens is 209 g/mol. The van der Waals surface area contributed by atoms with Crippen LogP contribution in [0.4, 0.5) is 13.2 Å². The van der Waals surface area contributed by atoms with Crippen LogP contribution < -0.4 is 0 Å². The second kappa shape index (κ2) is 4.70. The van der Waals surface area contributed by atoms with Crippen LogP contribution in [-0.2, 0) is 17.4 Å². The summed E-state index contributed by atoms with van der Waals surface area (Å²) in [4.78, 5) is 16.5. The minimum absolute atomic E-state index is 0.0156. The first-order valence-corrected chi connectivity index (χ1v) is 4.09. The van der Waals surface area contributed by atoms with Crippen molar-refractivity contribution in [2.45, 2.75) is 12.6 Å². The van der Waals surface area contributed by atoms with Gasteiger partial charge in [-0.1, -0.05) is 0 Å². The van der Waals surface area contributed by atoms with E-state index in [9.17, 15) is 18.0 Å². The molecule has 0 unspecified atom stereocenters. The molecule has 0 N–H and O–H groups in total. The van der Waals surface area contributed by atoms with Gasteiger partial charge in [0.05, 0.1) is 12.1 Å². The Kier molecular flexibility index (Phi) is 3.57. The smallest absolute Gasteiger partial charge is 0.264 e. The summed E-state index contributed by atoms with van der Waals surface area (Å²) in [7, 11) is 0. The monoisotopic (exact) mass is 216 g/mol. The normalized spacial score (nSPS) is 10.9. The van der Waals surface area contributed by atoms with Gasteiger partial charge in [-0.15, -0.1) is 0 Å². The zero-order valence-electron chi connectivity index (χ0n) is 7.58. The number of hydrogen-bond donors (Lipinski definition) is 0. The number of aromatic nitrogens is 1. The number of carbonyl (C=O) groups excluding carboxylic acids is 1. The Labute approximate surface area is 83.7 Å². The topological polar surface area (TPSA) is 42.3 Å². The Morgan fingerprint density at radius 3 is 2.80 bits per heavy atom. The van der Waals surface area contributed by atoms with Crippen molar-refractivity contribution in [2.75, 3.05) is 6.54 Å². The van der Waals surface area contributed by atoms with Gasteiger partial charge in [-0.05, 0) is 18.1 Å². The Morgan fingerprint density at radius 2 is 2.20 bits per heavy atom. The molecule has 15 heavy (non-hydrogen) atoms. The predicted octanol–water partition coefficient (Wildman–Crippen LogP) is 1.98. The van der Waals surface area contributed by atoms with Crippen molar-refractivity contribution < 1.29 is 18.0 Å². The molecule has 80 valence electrons. The largest absolute Gasteiger partial charge is 0.416 e. The quantitative estimate of drug-likeness (QED) is 0.572. The number of rotatable bonds is 3. The maximum absolute atomic E-state index is 12.4. The van der Waals surface area contributed by atoms with Crippen molar-refractivity contribution >= 4 is 6.08 Å². The molecule has 1 rings (SSSR count). The molecular formula is C9H7F3N2O. The molecule has 3 nitrogen and oxygen atoms in total. The summed E-state index contributed by atoms with van der Waals surface area (Å²) in [5.41, 5.74) is -0.706. The average Bonchev–Trinajstić information content (AvgIpc) is 2.17. The highest BCUT2D eigenvalue weighted by atomic mass is 19.4. The van der Waals surface area contributed by atoms with Crippen molar-refractivity contribution in [3.8, 4) is 0 Å². The fourth-order valence-corrected chi connectivity index (χ4v) is 1.12. The summed E-state index contributed by atoms with van der Waals surface area (Å²) in [5, 5.41) is 0. The molecule has 0 aliphatic rings. The van der Waals surface area contributed by atoms with Crippen LogP contribution in [0.2, 0.25) is 0 Å². The van der Waals surface area contributed by atoms with E-state index >= 15 is 0 Å². The standard InChI is InChI=1S/C9H7F3N2O/c10-9(11,12)8-2-4-13-5-7(8)1-3-14-6-15/h2,4-5H,1,3H2. The Bertz CT molecular complexity index is 383. The van der Waals surface area contributed by atoms with Crippen molar-refractivity contribution in [1.82, 2.24) is 4.98 Å². The van der Waals surface area contributed by atoms with Crippen LogP contribution in [-0.4, -0.2) is 17.6 Å². The molecule has 0 amide bonds. The molecule has 1 aromatic heterocycles. The predicted molar refractivity (Wildman–Crippen MR) is 45.9 cm³/mol. The number of halogens is 3. The minimum atomic E-state index is -4.40. The van der Waals surface area contributed by atoms with Gasteiger partial charge in [0.1, 0.15) is 0 Å². The summed E-state index contributed by atoms with van der Waals surface area (Å²) < 4.78 is 37.3. The number of isocyanates is 1. The molecule has 0 aliphatic carbocycles. The van der Waals surface area contributed by atoms with Gasteiger partial charge >= 0.3 is 6.18 Å². The van der Waals surface area contributed by atoms with Crippen LogP contribution in [0.15, 0.2) is 23.5 Å². The lowest BCUT2D eigenvalue weighted by atomic mass is 10.1. The third kappa shape index (κ3) is 3.18. The summed E-state index contributed by atoms with van der Waals surface area (Å²) in [6.45, 7) is -0.0156. The SMILES string of the molecule is O=C=NCCc1cnccc1C(F)(F)F.